The Balaban J connectivity index is 0.845. The molecule has 6 nitrogen and oxygen atoms in total. The van der Waals surface area contributed by atoms with Crippen LogP contribution in [0.2, 0.25) is 0 Å². The van der Waals surface area contributed by atoms with Crippen LogP contribution in [0, 0.1) is 23.7 Å². The first-order chi connectivity index (χ1) is 31.6. The molecule has 2 aliphatic heterocycles. The lowest BCUT2D eigenvalue weighted by atomic mass is 9.74. The number of nitrogens with zero attached hydrogens (tertiary/aromatic N) is 2. The molecule has 2 fully saturated rings. The number of allylic oxidation sites excluding steroid dienone is 10. The van der Waals surface area contributed by atoms with Crippen LogP contribution < -0.4 is 21.7 Å². The van der Waals surface area contributed by atoms with Gasteiger partial charge in [0.25, 0.3) is 0 Å². The van der Waals surface area contributed by atoms with Gasteiger partial charge in [-0.3, -0.25) is 16.0 Å². The lowest BCUT2D eigenvalue weighted by Gasteiger charge is -2.44. The number of benzene rings is 2. The first kappa shape index (κ1) is 39.9. The minimum absolute atomic E-state index is 0.0188. The molecule has 11 atom stereocenters. The van der Waals surface area contributed by atoms with Crippen LogP contribution in [0.1, 0.15) is 129 Å². The largest absolute Gasteiger partial charge is 0.400 e. The van der Waals surface area contributed by atoms with Crippen molar-refractivity contribution in [3.05, 3.63) is 154 Å². The average Bonchev–Trinajstić information content (AvgIpc) is 4.02. The predicted molar refractivity (Wildman–Crippen MR) is 265 cm³/mol. The van der Waals surface area contributed by atoms with Gasteiger partial charge in [-0.05, 0) is 173 Å². The molecule has 4 heterocycles. The second-order valence-electron chi connectivity index (χ2n) is 20.8. The Morgan fingerprint density at radius 1 is 0.719 bits per heavy atom. The average molecular weight is 867 g/mol. The van der Waals surface area contributed by atoms with Gasteiger partial charge in [-0.25, -0.2) is 0 Å². The van der Waals surface area contributed by atoms with Gasteiger partial charge in [0.15, 0.2) is 0 Å². The van der Waals surface area contributed by atoms with Crippen molar-refractivity contribution in [2.45, 2.75) is 145 Å². The molecule has 5 N–H and O–H groups in total. The Morgan fingerprint density at radius 3 is 2.53 bits per heavy atom. The maximum absolute atomic E-state index is 7.51. The number of aromatic nitrogens is 1. The Hall–Kier alpha value is -4.40. The van der Waals surface area contributed by atoms with Gasteiger partial charge in [0.1, 0.15) is 0 Å². The van der Waals surface area contributed by atoms with Crippen LogP contribution in [0.3, 0.4) is 0 Å². The molecule has 11 unspecified atom stereocenters. The van der Waals surface area contributed by atoms with Crippen LogP contribution in [0.25, 0.3) is 21.0 Å². The molecule has 4 aromatic rings. The summed E-state index contributed by atoms with van der Waals surface area (Å²) in [6.45, 7) is 0. The fourth-order valence-electron chi connectivity index (χ4n) is 14.4. The third kappa shape index (κ3) is 6.73. The lowest BCUT2D eigenvalue weighted by molar-refractivity contribution is 0.160. The standard InChI is InChI=1S/C57H66N6S/c58-46-34-39(26-29-49(46)63-47-23-10-7-20-41(47)43-28-30-50-53(54(43)63)44-22-8-11-24-48(44)62(50)40-18-5-2-6-19-40)57-60-55(37-17-13-16-36(32-37)35-14-3-1-4-15-35)59-56(61-57)38-27-31-52-45(33-38)42-21-9-12-25-51(42)64-52/h2-3,5,7-8,10,13-14,17-18,20,22-23,26-27,31,33-37,44,48-50,53,55-57,59-61H,1,4,6,9,11-12,15-16,19,21,24-25,28-30,32,58H2. The van der Waals surface area contributed by atoms with E-state index in [4.69, 9.17) is 5.73 Å². The summed E-state index contributed by atoms with van der Waals surface area (Å²) < 4.78 is 4.19. The highest BCUT2D eigenvalue weighted by atomic mass is 32.1. The van der Waals surface area contributed by atoms with Crippen LogP contribution in [-0.4, -0.2) is 33.9 Å². The summed E-state index contributed by atoms with van der Waals surface area (Å²) in [6.07, 6.45) is 46.6. The SMILES string of the molecule is NC1=CC(C2NC(c3ccc4sc5c(c4c3)CCCC5)NC(C3C=CCC(C4C=CCCC4)C3)N2)=CCC1n1c2c(c3ccccc31)CCC1C2C2C=CCCC2N1C1=CC=CCC1. The summed E-state index contributed by atoms with van der Waals surface area (Å²) in [5.41, 5.74) is 18.8. The first-order valence-electron chi connectivity index (χ1n) is 25.4. The van der Waals surface area contributed by atoms with Gasteiger partial charge >= 0.3 is 0 Å². The Kier molecular flexibility index (Phi) is 10.3. The number of fused-ring (bicyclic) bond motifs is 10. The highest BCUT2D eigenvalue weighted by Gasteiger charge is 2.53. The third-order valence-electron chi connectivity index (χ3n) is 17.4. The Bertz CT molecular complexity index is 2680. The third-order valence-corrected chi connectivity index (χ3v) is 18.6. The zero-order valence-electron chi connectivity index (χ0n) is 37.4. The molecule has 64 heavy (non-hydrogen) atoms. The monoisotopic (exact) mass is 867 g/mol. The fourth-order valence-corrected chi connectivity index (χ4v) is 15.7. The van der Waals surface area contributed by atoms with Crippen molar-refractivity contribution < 1.29 is 0 Å². The fraction of sp³-hybridized carbons (Fsp3) is 0.474. The summed E-state index contributed by atoms with van der Waals surface area (Å²) in [7, 11) is 0. The van der Waals surface area contributed by atoms with Crippen molar-refractivity contribution in [1.82, 2.24) is 25.4 Å². The number of hydrogen-bond donors (Lipinski definition) is 4. The minimum atomic E-state index is -0.0276. The van der Waals surface area contributed by atoms with Crippen LogP contribution >= 0.6 is 11.3 Å². The van der Waals surface area contributed by atoms with Gasteiger partial charge in [0.2, 0.25) is 0 Å². The van der Waals surface area contributed by atoms with Gasteiger partial charge in [-0.1, -0.05) is 78.9 Å². The zero-order valence-corrected chi connectivity index (χ0v) is 38.3. The number of likely N-dealkylation sites (tertiary alicyclic amines) is 1. The Morgan fingerprint density at radius 2 is 1.62 bits per heavy atom. The van der Waals surface area contributed by atoms with Crippen molar-refractivity contribution in [3.63, 3.8) is 0 Å². The molecule has 0 saturated carbocycles. The van der Waals surface area contributed by atoms with E-state index in [-0.39, 0.29) is 24.5 Å². The molecule has 7 aliphatic carbocycles. The van der Waals surface area contributed by atoms with Crippen LogP contribution in [-0.2, 0) is 19.3 Å². The van der Waals surface area contributed by atoms with Crippen molar-refractivity contribution >= 4 is 32.3 Å². The van der Waals surface area contributed by atoms with Crippen molar-refractivity contribution in [3.8, 4) is 0 Å². The molecule has 0 spiro atoms. The molecule has 13 rings (SSSR count). The van der Waals surface area contributed by atoms with Gasteiger partial charge < -0.3 is 15.2 Å². The second kappa shape index (κ2) is 16.5. The predicted octanol–water partition coefficient (Wildman–Crippen LogP) is 11.8. The Labute approximate surface area is 384 Å². The summed E-state index contributed by atoms with van der Waals surface area (Å²) in [4.78, 5) is 4.54. The van der Waals surface area contributed by atoms with E-state index in [1.54, 1.807) is 27.4 Å². The zero-order chi connectivity index (χ0) is 42.3. The maximum atomic E-state index is 7.51. The number of aryl methyl sites for hydroxylation is 3. The molecule has 0 bridgehead atoms. The van der Waals surface area contributed by atoms with E-state index in [2.05, 4.69) is 135 Å². The van der Waals surface area contributed by atoms with Gasteiger partial charge in [-0.2, -0.15) is 0 Å². The van der Waals surface area contributed by atoms with Crippen molar-refractivity contribution in [2.75, 3.05) is 0 Å². The van der Waals surface area contributed by atoms with Crippen LogP contribution in [0.5, 0.6) is 0 Å². The number of nitrogens with one attached hydrogen (secondary N) is 3. The minimum Gasteiger partial charge on any atom is -0.400 e. The van der Waals surface area contributed by atoms with E-state index >= 15 is 0 Å². The highest BCUT2D eigenvalue weighted by Crippen LogP contribution is 2.55. The first-order valence-corrected chi connectivity index (χ1v) is 26.2. The maximum Gasteiger partial charge on any atom is 0.0862 e. The molecule has 2 saturated heterocycles. The molecule has 330 valence electrons. The second-order valence-corrected chi connectivity index (χ2v) is 22.0. The van der Waals surface area contributed by atoms with E-state index < -0.39 is 0 Å². The molecule has 9 aliphatic rings. The van der Waals surface area contributed by atoms with E-state index in [1.165, 1.54) is 109 Å². The van der Waals surface area contributed by atoms with Crippen LogP contribution in [0.4, 0.5) is 0 Å². The number of nitrogens with two attached hydrogens (primary N) is 1. The van der Waals surface area contributed by atoms with E-state index in [1.807, 2.05) is 11.3 Å². The molecule has 7 heteroatoms. The molecule has 2 aromatic heterocycles. The molecule has 0 radical (unpaired) electrons. The summed E-state index contributed by atoms with van der Waals surface area (Å²) in [6, 6.07) is 17.8. The molecule has 2 aromatic carbocycles. The molecular weight excluding hydrogens is 801 g/mol. The quantitative estimate of drug-likeness (QED) is 0.145. The molecule has 0 amide bonds. The number of para-hydroxylation sites is 1. The summed E-state index contributed by atoms with van der Waals surface area (Å²) in [5, 5.41) is 15.3. The van der Waals surface area contributed by atoms with Gasteiger partial charge in [0, 0.05) is 67.4 Å². The highest BCUT2D eigenvalue weighted by molar-refractivity contribution is 7.19. The molecular formula is C57H66N6S. The normalized spacial score (nSPS) is 34.5. The van der Waals surface area contributed by atoms with E-state index in [0.717, 1.165) is 31.4 Å². The summed E-state index contributed by atoms with van der Waals surface area (Å²) in [5.74, 6) is 2.78. The van der Waals surface area contributed by atoms with Crippen molar-refractivity contribution in [1.29, 1.82) is 0 Å². The number of rotatable bonds is 6. The van der Waals surface area contributed by atoms with E-state index in [0.29, 0.717) is 41.7 Å². The van der Waals surface area contributed by atoms with Crippen LogP contribution in [0.15, 0.2) is 126 Å². The topological polar surface area (TPSA) is 70.3 Å². The van der Waals surface area contributed by atoms with E-state index in [9.17, 15) is 0 Å². The van der Waals surface area contributed by atoms with Gasteiger partial charge in [0.05, 0.1) is 24.5 Å². The number of thiophene rings is 1. The smallest absolute Gasteiger partial charge is 0.0862 e. The summed E-state index contributed by atoms with van der Waals surface area (Å²) >= 11 is 2.03. The van der Waals surface area contributed by atoms with Crippen molar-refractivity contribution in [2.24, 2.45) is 29.4 Å². The number of hydrogen-bond acceptors (Lipinski definition) is 6. The van der Waals surface area contributed by atoms with Gasteiger partial charge in [-0.15, -0.1) is 11.3 Å². The lowest BCUT2D eigenvalue weighted by Crippen LogP contribution is -2.66.